The number of rotatable bonds is 15. The lowest BCUT2D eigenvalue weighted by molar-refractivity contribution is 0.0481. The molecule has 0 bridgehead atoms. The summed E-state index contributed by atoms with van der Waals surface area (Å²) in [6.07, 6.45) is 9.40. The number of aromatic carboxylic acids is 2. The van der Waals surface area contributed by atoms with Crippen molar-refractivity contribution in [3.8, 4) is 0 Å². The molecule has 220 valence electrons. The van der Waals surface area contributed by atoms with Crippen molar-refractivity contribution in [1.82, 2.24) is 0 Å². The van der Waals surface area contributed by atoms with Crippen molar-refractivity contribution in [3.63, 3.8) is 0 Å². The van der Waals surface area contributed by atoms with Gasteiger partial charge in [0.1, 0.15) is 0 Å². The van der Waals surface area contributed by atoms with Crippen LogP contribution in [0.2, 0.25) is 0 Å². The van der Waals surface area contributed by atoms with Crippen LogP contribution >= 0.6 is 0 Å². The molecule has 0 aliphatic carbocycles. The summed E-state index contributed by atoms with van der Waals surface area (Å²) in [4.78, 5) is 45.6. The number of carboxylic acid groups (broad SMARTS) is 2. The highest BCUT2D eigenvalue weighted by atomic mass is 16.5. The lowest BCUT2D eigenvalue weighted by Crippen LogP contribution is -2.12. The molecule has 0 heterocycles. The fourth-order valence-electron chi connectivity index (χ4n) is 3.82. The molecule has 0 atom stereocenters. The average molecular weight is 557 g/mol. The molecule has 0 amide bonds. The molecule has 2 aromatic carbocycles. The highest BCUT2D eigenvalue weighted by molar-refractivity contribution is 6.03. The maximum atomic E-state index is 11.9. The number of carboxylic acids is 2. The van der Waals surface area contributed by atoms with E-state index in [-0.39, 0.29) is 22.3 Å². The Bertz CT molecular complexity index is 1080. The van der Waals surface area contributed by atoms with Gasteiger partial charge in [-0.15, -0.1) is 0 Å². The summed E-state index contributed by atoms with van der Waals surface area (Å²) in [6, 6.07) is 12.2. The van der Waals surface area contributed by atoms with Gasteiger partial charge < -0.3 is 19.7 Å². The quantitative estimate of drug-likeness (QED) is 0.169. The normalized spacial score (nSPS) is 10.7. The Kier molecular flexibility index (Phi) is 16.0. The molecule has 8 nitrogen and oxygen atoms in total. The first-order valence-electron chi connectivity index (χ1n) is 14.0. The van der Waals surface area contributed by atoms with Crippen LogP contribution in [0.5, 0.6) is 0 Å². The molecule has 8 heteroatoms. The van der Waals surface area contributed by atoms with Gasteiger partial charge in [0.15, 0.2) is 0 Å². The predicted octanol–water partition coefficient (Wildman–Crippen LogP) is 7.66. The van der Waals surface area contributed by atoms with Gasteiger partial charge in [0, 0.05) is 0 Å². The molecule has 0 aliphatic rings. The first-order chi connectivity index (χ1) is 19.0. The summed E-state index contributed by atoms with van der Waals surface area (Å²) in [6.45, 7) is 9.43. The van der Waals surface area contributed by atoms with Gasteiger partial charge >= 0.3 is 23.9 Å². The molecule has 0 radical (unpaired) electrons. The molecule has 2 N–H and O–H groups in total. The van der Waals surface area contributed by atoms with Gasteiger partial charge in [-0.3, -0.25) is 0 Å². The Hall–Kier alpha value is -3.68. The van der Waals surface area contributed by atoms with Gasteiger partial charge in [-0.1, -0.05) is 90.5 Å². The third kappa shape index (κ3) is 13.9. The van der Waals surface area contributed by atoms with Crippen molar-refractivity contribution in [3.05, 3.63) is 70.8 Å². The maximum absolute atomic E-state index is 11.9. The van der Waals surface area contributed by atoms with Gasteiger partial charge in [-0.05, 0) is 48.9 Å². The number of unbranched alkanes of at least 4 members (excludes halogenated alkanes) is 6. The smallest absolute Gasteiger partial charge is 0.339 e. The van der Waals surface area contributed by atoms with E-state index in [2.05, 4.69) is 27.7 Å². The molecule has 2 rings (SSSR count). The highest BCUT2D eigenvalue weighted by Gasteiger charge is 2.17. The molecular formula is C32H44O8. The number of benzene rings is 2. The minimum atomic E-state index is -1.12. The molecule has 0 unspecified atom stereocenters. The number of hydrogen-bond acceptors (Lipinski definition) is 6. The molecule has 2 aromatic rings. The molecule has 0 saturated carbocycles. The van der Waals surface area contributed by atoms with Crippen molar-refractivity contribution in [2.75, 3.05) is 13.2 Å². The molecule has 0 aromatic heterocycles. The summed E-state index contributed by atoms with van der Waals surface area (Å²) in [5, 5.41) is 18.0. The van der Waals surface area contributed by atoms with E-state index in [9.17, 15) is 19.2 Å². The maximum Gasteiger partial charge on any atom is 0.339 e. The van der Waals surface area contributed by atoms with Gasteiger partial charge in [0.05, 0.1) is 35.5 Å². The van der Waals surface area contributed by atoms with E-state index in [0.29, 0.717) is 18.6 Å². The van der Waals surface area contributed by atoms with Crippen LogP contribution in [0.15, 0.2) is 48.5 Å². The first-order valence-corrected chi connectivity index (χ1v) is 14.0. The second kappa shape index (κ2) is 18.6. The fraction of sp³-hybridized carbons (Fsp3) is 0.500. The van der Waals surface area contributed by atoms with Crippen LogP contribution in [0, 0.1) is 5.41 Å². The van der Waals surface area contributed by atoms with Crippen LogP contribution in [-0.4, -0.2) is 47.3 Å². The summed E-state index contributed by atoms with van der Waals surface area (Å²) >= 11 is 0. The Morgan fingerprint density at radius 3 is 1.35 bits per heavy atom. The zero-order valence-corrected chi connectivity index (χ0v) is 24.2. The number of esters is 2. The minimum Gasteiger partial charge on any atom is -0.478 e. The predicted molar refractivity (Wildman–Crippen MR) is 154 cm³/mol. The Morgan fingerprint density at radius 2 is 0.975 bits per heavy atom. The molecule has 0 saturated heterocycles. The van der Waals surface area contributed by atoms with Crippen molar-refractivity contribution >= 4 is 23.9 Å². The first kappa shape index (κ1) is 34.3. The second-order valence-corrected chi connectivity index (χ2v) is 10.8. The van der Waals surface area contributed by atoms with Gasteiger partial charge in [-0.2, -0.15) is 0 Å². The van der Waals surface area contributed by atoms with Crippen LogP contribution in [0.25, 0.3) is 0 Å². The van der Waals surface area contributed by atoms with Crippen molar-refractivity contribution in [1.29, 1.82) is 0 Å². The van der Waals surface area contributed by atoms with Crippen LogP contribution in [-0.2, 0) is 9.47 Å². The van der Waals surface area contributed by atoms with E-state index in [1.54, 1.807) is 24.3 Å². The monoisotopic (exact) mass is 556 g/mol. The summed E-state index contributed by atoms with van der Waals surface area (Å²) in [5.74, 6) is -3.36. The van der Waals surface area contributed by atoms with Crippen molar-refractivity contribution in [2.45, 2.75) is 85.5 Å². The number of hydrogen-bond donors (Lipinski definition) is 2. The van der Waals surface area contributed by atoms with Crippen LogP contribution in [0.3, 0.4) is 0 Å². The average Bonchev–Trinajstić information content (AvgIpc) is 2.92. The lowest BCUT2D eigenvalue weighted by Gasteiger charge is -2.17. The van der Waals surface area contributed by atoms with Crippen molar-refractivity contribution < 1.29 is 38.9 Å². The van der Waals surface area contributed by atoms with E-state index >= 15 is 0 Å². The number of carbonyl (C=O) groups is 4. The van der Waals surface area contributed by atoms with Crippen LogP contribution in [0.1, 0.15) is 127 Å². The third-order valence-corrected chi connectivity index (χ3v) is 6.04. The zero-order valence-electron chi connectivity index (χ0n) is 24.2. The summed E-state index contributed by atoms with van der Waals surface area (Å²) in [5.41, 5.74) is 0.522. The van der Waals surface area contributed by atoms with E-state index < -0.39 is 23.9 Å². The molecular weight excluding hydrogens is 512 g/mol. The van der Waals surface area contributed by atoms with E-state index in [1.165, 1.54) is 37.1 Å². The second-order valence-electron chi connectivity index (χ2n) is 10.8. The topological polar surface area (TPSA) is 127 Å². The SMILES string of the molecule is CC(C)(C)CCCCCOC(=O)c1ccccc1C(=O)O.CCCCCCCOC(=O)c1ccccc1C(=O)O. The van der Waals surface area contributed by atoms with Gasteiger partial charge in [-0.25, -0.2) is 19.2 Å². The fourth-order valence-corrected chi connectivity index (χ4v) is 3.82. The van der Waals surface area contributed by atoms with Gasteiger partial charge in [0.25, 0.3) is 0 Å². The zero-order chi connectivity index (χ0) is 30.0. The Labute approximate surface area is 237 Å². The summed E-state index contributed by atoms with van der Waals surface area (Å²) in [7, 11) is 0. The van der Waals surface area contributed by atoms with Crippen LogP contribution < -0.4 is 0 Å². The van der Waals surface area contributed by atoms with E-state index in [4.69, 9.17) is 19.7 Å². The largest absolute Gasteiger partial charge is 0.478 e. The number of carbonyl (C=O) groups excluding carboxylic acids is 2. The number of ether oxygens (including phenoxy) is 2. The van der Waals surface area contributed by atoms with Gasteiger partial charge in [0.2, 0.25) is 0 Å². The highest BCUT2D eigenvalue weighted by Crippen LogP contribution is 2.22. The van der Waals surface area contributed by atoms with Crippen LogP contribution in [0.4, 0.5) is 0 Å². The third-order valence-electron chi connectivity index (χ3n) is 6.04. The summed E-state index contributed by atoms with van der Waals surface area (Å²) < 4.78 is 10.2. The lowest BCUT2D eigenvalue weighted by atomic mass is 9.89. The van der Waals surface area contributed by atoms with E-state index in [0.717, 1.165) is 44.9 Å². The molecule has 0 fully saturated rings. The molecule has 40 heavy (non-hydrogen) atoms. The Morgan fingerprint density at radius 1 is 0.600 bits per heavy atom. The molecule has 0 aliphatic heterocycles. The minimum absolute atomic E-state index is 0.0153. The Balaban J connectivity index is 0.000000402. The molecule has 0 spiro atoms. The standard InChI is InChI=1S/C17H24O4.C15H20O4/c1-17(2,3)11-7-4-8-12-21-16(20)14-10-6-5-9-13(14)15(18)19;1-2-3-4-5-8-11-19-15(18)13-10-7-6-9-12(13)14(16)17/h5-6,9-10H,4,7-8,11-12H2,1-3H3,(H,18,19);6-7,9-10H,2-5,8,11H2,1H3,(H,16,17). The van der Waals surface area contributed by atoms with Crippen molar-refractivity contribution in [2.24, 2.45) is 5.41 Å². The van der Waals surface area contributed by atoms with E-state index in [1.807, 2.05) is 0 Å².